The third kappa shape index (κ3) is 4.47. The highest BCUT2D eigenvalue weighted by Gasteiger charge is 2.11. The molecule has 0 aliphatic heterocycles. The van der Waals surface area contributed by atoms with Gasteiger partial charge in [0, 0.05) is 18.4 Å². The summed E-state index contributed by atoms with van der Waals surface area (Å²) in [6, 6.07) is 4.26. The van der Waals surface area contributed by atoms with Gasteiger partial charge in [-0.05, 0) is 43.9 Å². The highest BCUT2D eigenvalue weighted by molar-refractivity contribution is 5.12. The lowest BCUT2D eigenvalue weighted by molar-refractivity contribution is 0.425. The number of hydrogen-bond acceptors (Lipinski definition) is 2. The minimum Gasteiger partial charge on any atom is -0.312 e. The van der Waals surface area contributed by atoms with E-state index in [1.165, 1.54) is 50.6 Å². The maximum Gasteiger partial charge on any atom is 0.0372 e. The average Bonchev–Trinajstić information content (AvgIpc) is 2.60. The Kier molecular flexibility index (Phi) is 4.99. The first-order valence-electron chi connectivity index (χ1n) is 6.97. The fraction of sp³-hybridized carbons (Fsp3) is 0.667. The zero-order chi connectivity index (χ0) is 11.9. The van der Waals surface area contributed by atoms with Crippen LogP contribution in [0.15, 0.2) is 18.3 Å². The molecule has 0 radical (unpaired) electrons. The third-order valence-corrected chi connectivity index (χ3v) is 3.71. The summed E-state index contributed by atoms with van der Waals surface area (Å²) in [5, 5.41) is 3.58. The number of rotatable bonds is 4. The SMILES string of the molecule is Cc1ccc(CNCC2CCCCCC2)cn1. The highest BCUT2D eigenvalue weighted by atomic mass is 14.9. The lowest BCUT2D eigenvalue weighted by Crippen LogP contribution is -2.22. The summed E-state index contributed by atoms with van der Waals surface area (Å²) < 4.78 is 0. The Morgan fingerprint density at radius 3 is 2.59 bits per heavy atom. The van der Waals surface area contributed by atoms with Gasteiger partial charge in [0.05, 0.1) is 0 Å². The molecule has 0 spiro atoms. The molecule has 1 fully saturated rings. The minimum absolute atomic E-state index is 0.899. The van der Waals surface area contributed by atoms with Crippen LogP contribution >= 0.6 is 0 Å². The molecule has 1 heterocycles. The largest absolute Gasteiger partial charge is 0.312 e. The van der Waals surface area contributed by atoms with Crippen LogP contribution in [-0.2, 0) is 6.54 Å². The van der Waals surface area contributed by atoms with Crippen molar-refractivity contribution in [3.63, 3.8) is 0 Å². The van der Waals surface area contributed by atoms with Crippen molar-refractivity contribution in [2.45, 2.75) is 52.0 Å². The lowest BCUT2D eigenvalue weighted by Gasteiger charge is -2.14. The second-order valence-corrected chi connectivity index (χ2v) is 5.30. The molecule has 2 heteroatoms. The van der Waals surface area contributed by atoms with E-state index >= 15 is 0 Å². The van der Waals surface area contributed by atoms with Crippen molar-refractivity contribution in [3.8, 4) is 0 Å². The van der Waals surface area contributed by atoms with Gasteiger partial charge in [0.25, 0.3) is 0 Å². The van der Waals surface area contributed by atoms with Crippen molar-refractivity contribution in [2.75, 3.05) is 6.54 Å². The van der Waals surface area contributed by atoms with E-state index in [4.69, 9.17) is 0 Å². The van der Waals surface area contributed by atoms with E-state index in [1.54, 1.807) is 0 Å². The van der Waals surface area contributed by atoms with Crippen molar-refractivity contribution in [1.82, 2.24) is 10.3 Å². The van der Waals surface area contributed by atoms with Crippen LogP contribution in [0.4, 0.5) is 0 Å². The van der Waals surface area contributed by atoms with E-state index in [0.717, 1.165) is 18.2 Å². The van der Waals surface area contributed by atoms with Crippen molar-refractivity contribution in [1.29, 1.82) is 0 Å². The van der Waals surface area contributed by atoms with E-state index in [-0.39, 0.29) is 0 Å². The second-order valence-electron chi connectivity index (χ2n) is 5.30. The van der Waals surface area contributed by atoms with Gasteiger partial charge in [-0.2, -0.15) is 0 Å². The quantitative estimate of drug-likeness (QED) is 0.804. The summed E-state index contributed by atoms with van der Waals surface area (Å²) in [6.07, 6.45) is 10.6. The standard InChI is InChI=1S/C15H24N2/c1-13-8-9-15(12-17-13)11-16-10-14-6-4-2-3-5-7-14/h8-9,12,14,16H,2-7,10-11H2,1H3. The number of nitrogens with zero attached hydrogens (tertiary/aromatic N) is 1. The van der Waals surface area contributed by atoms with Crippen molar-refractivity contribution < 1.29 is 0 Å². The molecular formula is C15H24N2. The molecule has 0 atom stereocenters. The first-order chi connectivity index (χ1) is 8.34. The highest BCUT2D eigenvalue weighted by Crippen LogP contribution is 2.22. The van der Waals surface area contributed by atoms with Crippen LogP contribution in [0, 0.1) is 12.8 Å². The van der Waals surface area contributed by atoms with Crippen molar-refractivity contribution >= 4 is 0 Å². The minimum atomic E-state index is 0.899. The van der Waals surface area contributed by atoms with Gasteiger partial charge < -0.3 is 5.32 Å². The average molecular weight is 232 g/mol. The van der Waals surface area contributed by atoms with Crippen LogP contribution < -0.4 is 5.32 Å². The van der Waals surface area contributed by atoms with Gasteiger partial charge in [0.15, 0.2) is 0 Å². The molecule has 2 rings (SSSR count). The summed E-state index contributed by atoms with van der Waals surface area (Å²) in [5.41, 5.74) is 2.39. The predicted molar refractivity (Wildman–Crippen MR) is 71.9 cm³/mol. The molecule has 2 nitrogen and oxygen atoms in total. The molecule has 1 aromatic rings. The summed E-state index contributed by atoms with van der Waals surface area (Å²) in [7, 11) is 0. The molecule has 17 heavy (non-hydrogen) atoms. The Morgan fingerprint density at radius 2 is 1.94 bits per heavy atom. The van der Waals surface area contributed by atoms with E-state index in [9.17, 15) is 0 Å². The lowest BCUT2D eigenvalue weighted by atomic mass is 10.0. The molecule has 0 saturated heterocycles. The van der Waals surface area contributed by atoms with Gasteiger partial charge in [-0.3, -0.25) is 4.98 Å². The van der Waals surface area contributed by atoms with E-state index < -0.39 is 0 Å². The number of aryl methyl sites for hydroxylation is 1. The Labute approximate surface area is 105 Å². The summed E-state index contributed by atoms with van der Waals surface area (Å²) in [6.45, 7) is 4.17. The Morgan fingerprint density at radius 1 is 1.18 bits per heavy atom. The third-order valence-electron chi connectivity index (χ3n) is 3.71. The maximum atomic E-state index is 4.32. The topological polar surface area (TPSA) is 24.9 Å². The molecule has 1 saturated carbocycles. The van der Waals surface area contributed by atoms with Gasteiger partial charge >= 0.3 is 0 Å². The molecule has 94 valence electrons. The smallest absolute Gasteiger partial charge is 0.0372 e. The summed E-state index contributed by atoms with van der Waals surface area (Å²) in [4.78, 5) is 4.32. The van der Waals surface area contributed by atoms with Crippen LogP contribution in [0.1, 0.15) is 49.8 Å². The Bertz CT molecular complexity index is 310. The Hall–Kier alpha value is -0.890. The number of pyridine rings is 1. The molecule has 0 bridgehead atoms. The maximum absolute atomic E-state index is 4.32. The molecule has 0 unspecified atom stereocenters. The summed E-state index contributed by atoms with van der Waals surface area (Å²) >= 11 is 0. The van der Waals surface area contributed by atoms with E-state index in [0.29, 0.717) is 0 Å². The second kappa shape index (κ2) is 6.75. The van der Waals surface area contributed by atoms with Crippen molar-refractivity contribution in [2.24, 2.45) is 5.92 Å². The van der Waals surface area contributed by atoms with E-state index in [1.807, 2.05) is 13.1 Å². The molecule has 0 aromatic carbocycles. The fourth-order valence-corrected chi connectivity index (χ4v) is 2.59. The predicted octanol–water partition coefficient (Wildman–Crippen LogP) is 3.45. The summed E-state index contributed by atoms with van der Waals surface area (Å²) in [5.74, 6) is 0.899. The molecule has 1 aliphatic rings. The number of nitrogens with one attached hydrogen (secondary N) is 1. The monoisotopic (exact) mass is 232 g/mol. The molecule has 0 amide bonds. The first-order valence-corrected chi connectivity index (χ1v) is 6.97. The van der Waals surface area contributed by atoms with Crippen LogP contribution in [0.25, 0.3) is 0 Å². The van der Waals surface area contributed by atoms with Crippen LogP contribution in [-0.4, -0.2) is 11.5 Å². The number of aromatic nitrogens is 1. The van der Waals surface area contributed by atoms with Crippen LogP contribution in [0.2, 0.25) is 0 Å². The van der Waals surface area contributed by atoms with Gasteiger partial charge in [-0.1, -0.05) is 31.7 Å². The van der Waals surface area contributed by atoms with E-state index in [2.05, 4.69) is 22.4 Å². The fourth-order valence-electron chi connectivity index (χ4n) is 2.59. The van der Waals surface area contributed by atoms with Gasteiger partial charge in [0.2, 0.25) is 0 Å². The zero-order valence-electron chi connectivity index (χ0n) is 10.9. The van der Waals surface area contributed by atoms with Crippen molar-refractivity contribution in [3.05, 3.63) is 29.6 Å². The Balaban J connectivity index is 1.69. The first kappa shape index (κ1) is 12.6. The van der Waals surface area contributed by atoms with Gasteiger partial charge in [-0.15, -0.1) is 0 Å². The molecule has 1 aliphatic carbocycles. The van der Waals surface area contributed by atoms with Crippen LogP contribution in [0.3, 0.4) is 0 Å². The van der Waals surface area contributed by atoms with Gasteiger partial charge in [0.1, 0.15) is 0 Å². The molecule has 1 aromatic heterocycles. The molecular weight excluding hydrogens is 208 g/mol. The van der Waals surface area contributed by atoms with Gasteiger partial charge in [-0.25, -0.2) is 0 Å². The number of hydrogen-bond donors (Lipinski definition) is 1. The molecule has 1 N–H and O–H groups in total. The van der Waals surface area contributed by atoms with Crippen LogP contribution in [0.5, 0.6) is 0 Å². The zero-order valence-corrected chi connectivity index (χ0v) is 10.9. The normalized spacial score (nSPS) is 17.9.